The maximum absolute atomic E-state index is 3.43. The van der Waals surface area contributed by atoms with Crippen molar-refractivity contribution in [3.05, 3.63) is 52.2 Å². The zero-order valence-corrected chi connectivity index (χ0v) is 12.7. The van der Waals surface area contributed by atoms with Gasteiger partial charge in [0.1, 0.15) is 0 Å². The molecule has 2 aromatic rings. The third-order valence-corrected chi connectivity index (χ3v) is 4.18. The van der Waals surface area contributed by atoms with Crippen LogP contribution in [-0.2, 0) is 6.54 Å². The number of anilines is 1. The van der Waals surface area contributed by atoms with Crippen LogP contribution in [0.15, 0.2) is 41.8 Å². The van der Waals surface area contributed by atoms with E-state index >= 15 is 0 Å². The van der Waals surface area contributed by atoms with Gasteiger partial charge in [-0.15, -0.1) is 11.3 Å². The van der Waals surface area contributed by atoms with Crippen molar-refractivity contribution in [3.8, 4) is 0 Å². The van der Waals surface area contributed by atoms with Crippen molar-refractivity contribution in [2.75, 3.05) is 18.5 Å². The minimum atomic E-state index is 0.418. The molecule has 0 radical (unpaired) electrons. The predicted molar refractivity (Wildman–Crippen MR) is 85.0 cm³/mol. The molecular formula is C16H22N2S. The fourth-order valence-electron chi connectivity index (χ4n) is 2.17. The predicted octanol–water partition coefficient (Wildman–Crippen LogP) is 4.06. The van der Waals surface area contributed by atoms with E-state index < -0.39 is 0 Å². The Kier molecular flexibility index (Phi) is 5.00. The minimum Gasteiger partial charge on any atom is -0.369 e. The summed E-state index contributed by atoms with van der Waals surface area (Å²) in [4.78, 5) is 3.68. The van der Waals surface area contributed by atoms with Gasteiger partial charge in [0.2, 0.25) is 0 Å². The van der Waals surface area contributed by atoms with Gasteiger partial charge in [0.05, 0.1) is 6.54 Å². The van der Waals surface area contributed by atoms with E-state index in [0.717, 1.165) is 13.1 Å². The summed E-state index contributed by atoms with van der Waals surface area (Å²) in [6.45, 7) is 6.31. The highest BCUT2D eigenvalue weighted by molar-refractivity contribution is 7.09. The number of nitrogens with zero attached hydrogens (tertiary/aromatic N) is 1. The lowest BCUT2D eigenvalue weighted by Crippen LogP contribution is -2.18. The normalized spacial score (nSPS) is 12.4. The fourth-order valence-corrected chi connectivity index (χ4v) is 2.93. The first-order chi connectivity index (χ1) is 9.20. The quantitative estimate of drug-likeness (QED) is 0.854. The van der Waals surface area contributed by atoms with Crippen LogP contribution >= 0.6 is 11.3 Å². The van der Waals surface area contributed by atoms with Crippen molar-refractivity contribution in [3.63, 3.8) is 0 Å². The van der Waals surface area contributed by atoms with Crippen molar-refractivity contribution in [2.45, 2.75) is 26.4 Å². The first-order valence-electron chi connectivity index (χ1n) is 6.77. The highest BCUT2D eigenvalue weighted by Gasteiger charge is 2.06. The Labute approximate surface area is 120 Å². The van der Waals surface area contributed by atoms with Gasteiger partial charge in [-0.25, -0.2) is 0 Å². The van der Waals surface area contributed by atoms with Crippen molar-refractivity contribution < 1.29 is 0 Å². The molecule has 1 aromatic heterocycles. The number of thiophene rings is 1. The average Bonchev–Trinajstić information content (AvgIpc) is 2.92. The summed E-state index contributed by atoms with van der Waals surface area (Å²) >= 11 is 1.81. The van der Waals surface area contributed by atoms with Gasteiger partial charge in [-0.1, -0.05) is 25.1 Å². The maximum atomic E-state index is 3.43. The third-order valence-electron chi connectivity index (χ3n) is 3.32. The van der Waals surface area contributed by atoms with Crippen LogP contribution in [0.2, 0.25) is 0 Å². The second-order valence-corrected chi connectivity index (χ2v) is 5.84. The summed E-state index contributed by atoms with van der Waals surface area (Å²) < 4.78 is 0. The van der Waals surface area contributed by atoms with Crippen LogP contribution in [0.4, 0.5) is 5.69 Å². The molecule has 1 unspecified atom stereocenters. The molecule has 0 aliphatic heterocycles. The summed E-state index contributed by atoms with van der Waals surface area (Å²) in [6.07, 6.45) is 0. The number of benzene rings is 1. The lowest BCUT2D eigenvalue weighted by Gasteiger charge is -2.20. The summed E-state index contributed by atoms with van der Waals surface area (Å²) in [5.74, 6) is 0. The van der Waals surface area contributed by atoms with Crippen LogP contribution in [0, 0.1) is 0 Å². The molecule has 102 valence electrons. The van der Waals surface area contributed by atoms with Crippen LogP contribution in [0.1, 0.15) is 30.3 Å². The molecule has 0 aliphatic carbocycles. The Morgan fingerprint density at radius 3 is 2.53 bits per heavy atom. The van der Waals surface area contributed by atoms with Crippen LogP contribution < -0.4 is 10.2 Å². The standard InChI is InChI=1S/C16H22N2S/c1-4-17-13(2)14-7-9-15(10-8-14)18(3)12-16-6-5-11-19-16/h5-11,13,17H,4,12H2,1-3H3. The van der Waals surface area contributed by atoms with E-state index in [1.807, 2.05) is 11.3 Å². The van der Waals surface area contributed by atoms with Crippen LogP contribution in [0.5, 0.6) is 0 Å². The van der Waals surface area contributed by atoms with Crippen LogP contribution in [-0.4, -0.2) is 13.6 Å². The molecule has 0 saturated carbocycles. The zero-order chi connectivity index (χ0) is 13.7. The fraction of sp³-hybridized carbons (Fsp3) is 0.375. The van der Waals surface area contributed by atoms with Gasteiger partial charge in [-0.05, 0) is 42.6 Å². The summed E-state index contributed by atoms with van der Waals surface area (Å²) in [5, 5.41) is 5.56. The van der Waals surface area contributed by atoms with Crippen LogP contribution in [0.25, 0.3) is 0 Å². The molecule has 0 bridgehead atoms. The van der Waals surface area contributed by atoms with Gasteiger partial charge in [-0.2, -0.15) is 0 Å². The Hall–Kier alpha value is -1.32. The lowest BCUT2D eigenvalue weighted by molar-refractivity contribution is 0.598. The van der Waals surface area contributed by atoms with Gasteiger partial charge >= 0.3 is 0 Å². The van der Waals surface area contributed by atoms with Gasteiger partial charge in [0, 0.05) is 23.7 Å². The molecule has 0 fully saturated rings. The van der Waals surface area contributed by atoms with E-state index in [0.29, 0.717) is 6.04 Å². The molecule has 1 heterocycles. The number of nitrogens with one attached hydrogen (secondary N) is 1. The molecule has 0 amide bonds. The maximum Gasteiger partial charge on any atom is 0.0519 e. The van der Waals surface area contributed by atoms with E-state index in [-0.39, 0.29) is 0 Å². The Balaban J connectivity index is 2.01. The van der Waals surface area contributed by atoms with E-state index in [1.54, 1.807) is 0 Å². The summed E-state index contributed by atoms with van der Waals surface area (Å²) in [5.41, 5.74) is 2.61. The van der Waals surface area contributed by atoms with Gasteiger partial charge < -0.3 is 10.2 Å². The second kappa shape index (κ2) is 6.73. The molecular weight excluding hydrogens is 252 g/mol. The van der Waals surface area contributed by atoms with Crippen LogP contribution in [0.3, 0.4) is 0 Å². The molecule has 0 saturated heterocycles. The molecule has 2 nitrogen and oxygen atoms in total. The largest absolute Gasteiger partial charge is 0.369 e. The average molecular weight is 274 g/mol. The molecule has 3 heteroatoms. The van der Waals surface area contributed by atoms with Crippen molar-refractivity contribution >= 4 is 17.0 Å². The van der Waals surface area contributed by atoms with Crippen molar-refractivity contribution in [1.82, 2.24) is 5.32 Å². The molecule has 2 rings (SSSR count). The van der Waals surface area contributed by atoms with E-state index in [1.165, 1.54) is 16.1 Å². The van der Waals surface area contributed by atoms with Gasteiger partial charge in [-0.3, -0.25) is 0 Å². The second-order valence-electron chi connectivity index (χ2n) is 4.81. The van der Waals surface area contributed by atoms with Gasteiger partial charge in [0.25, 0.3) is 0 Å². The van der Waals surface area contributed by atoms with Gasteiger partial charge in [0.15, 0.2) is 0 Å². The highest BCUT2D eigenvalue weighted by Crippen LogP contribution is 2.21. The smallest absolute Gasteiger partial charge is 0.0519 e. The molecule has 1 atom stereocenters. The van der Waals surface area contributed by atoms with E-state index in [2.05, 4.69) is 72.9 Å². The monoisotopic (exact) mass is 274 g/mol. The first kappa shape index (κ1) is 14.1. The topological polar surface area (TPSA) is 15.3 Å². The molecule has 19 heavy (non-hydrogen) atoms. The summed E-state index contributed by atoms with van der Waals surface area (Å²) in [7, 11) is 2.14. The van der Waals surface area contributed by atoms with E-state index in [9.17, 15) is 0 Å². The number of rotatable bonds is 6. The lowest BCUT2D eigenvalue weighted by atomic mass is 10.1. The number of hydrogen-bond donors (Lipinski definition) is 1. The zero-order valence-electron chi connectivity index (χ0n) is 11.9. The molecule has 0 aliphatic rings. The number of hydrogen-bond acceptors (Lipinski definition) is 3. The molecule has 1 aromatic carbocycles. The Bertz CT molecular complexity index is 476. The molecule has 0 spiro atoms. The highest BCUT2D eigenvalue weighted by atomic mass is 32.1. The summed E-state index contributed by atoms with van der Waals surface area (Å²) in [6, 6.07) is 13.5. The Morgan fingerprint density at radius 1 is 1.21 bits per heavy atom. The van der Waals surface area contributed by atoms with E-state index in [4.69, 9.17) is 0 Å². The minimum absolute atomic E-state index is 0.418. The van der Waals surface area contributed by atoms with Crippen molar-refractivity contribution in [1.29, 1.82) is 0 Å². The first-order valence-corrected chi connectivity index (χ1v) is 7.65. The molecule has 1 N–H and O–H groups in total. The Morgan fingerprint density at radius 2 is 1.95 bits per heavy atom. The third kappa shape index (κ3) is 3.82. The SMILES string of the molecule is CCNC(C)c1ccc(N(C)Cc2cccs2)cc1. The van der Waals surface area contributed by atoms with Crippen molar-refractivity contribution in [2.24, 2.45) is 0 Å².